The Kier molecular flexibility index (Phi) is 5.65. The van der Waals surface area contributed by atoms with Crippen LogP contribution < -0.4 is 0 Å². The molecule has 27 heavy (non-hydrogen) atoms. The summed E-state index contributed by atoms with van der Waals surface area (Å²) in [5.41, 5.74) is 2.05. The number of likely N-dealkylation sites (N-methyl/N-ethyl adjacent to an activating group) is 1. The van der Waals surface area contributed by atoms with E-state index in [0.29, 0.717) is 31.8 Å². The number of rotatable bonds is 6. The maximum absolute atomic E-state index is 13.1. The van der Waals surface area contributed by atoms with Crippen LogP contribution in [0.4, 0.5) is 0 Å². The smallest absolute Gasteiger partial charge is 0.223 e. The highest BCUT2D eigenvalue weighted by Gasteiger charge is 2.44. The quantitative estimate of drug-likeness (QED) is 0.779. The van der Waals surface area contributed by atoms with Crippen LogP contribution in [-0.2, 0) is 21.4 Å². The lowest BCUT2D eigenvalue weighted by Crippen LogP contribution is -2.47. The van der Waals surface area contributed by atoms with Crippen molar-refractivity contribution in [1.29, 1.82) is 0 Å². The minimum atomic E-state index is -0.246. The first-order valence-corrected chi connectivity index (χ1v) is 9.51. The second kappa shape index (κ2) is 7.80. The maximum atomic E-state index is 13.1. The van der Waals surface area contributed by atoms with Crippen LogP contribution in [0.25, 0.3) is 0 Å². The van der Waals surface area contributed by atoms with E-state index in [0.717, 1.165) is 12.8 Å². The molecule has 1 aliphatic rings. The number of benzene rings is 1. The molecule has 1 fully saturated rings. The van der Waals surface area contributed by atoms with Crippen LogP contribution >= 0.6 is 0 Å². The van der Waals surface area contributed by atoms with Crippen LogP contribution in [0, 0.1) is 6.92 Å². The Balaban J connectivity index is 1.79. The first-order valence-electron chi connectivity index (χ1n) is 9.51. The molecule has 3 rings (SSSR count). The predicted molar refractivity (Wildman–Crippen MR) is 102 cm³/mol. The maximum Gasteiger partial charge on any atom is 0.223 e. The van der Waals surface area contributed by atoms with E-state index >= 15 is 0 Å². The lowest BCUT2D eigenvalue weighted by atomic mass is 9.66. The SMILES string of the molecule is Cc1ccccc1C1(CC(=O)N(C)CCc2ncon2)CCOC(C)(C)C1. The zero-order chi connectivity index (χ0) is 19.5. The molecule has 6 nitrogen and oxygen atoms in total. The average Bonchev–Trinajstić information content (AvgIpc) is 3.12. The van der Waals surface area contributed by atoms with Gasteiger partial charge in [0.15, 0.2) is 5.82 Å². The summed E-state index contributed by atoms with van der Waals surface area (Å²) in [6, 6.07) is 8.42. The van der Waals surface area contributed by atoms with Gasteiger partial charge in [0.1, 0.15) is 0 Å². The largest absolute Gasteiger partial charge is 0.376 e. The molecule has 2 heterocycles. The normalized spacial score (nSPS) is 21.8. The van der Waals surface area contributed by atoms with Gasteiger partial charge in [0.05, 0.1) is 5.60 Å². The first kappa shape index (κ1) is 19.5. The third-order valence-electron chi connectivity index (χ3n) is 5.55. The van der Waals surface area contributed by atoms with Crippen LogP contribution in [-0.4, -0.2) is 46.7 Å². The summed E-state index contributed by atoms with van der Waals surface area (Å²) < 4.78 is 10.7. The lowest BCUT2D eigenvalue weighted by molar-refractivity contribution is -0.135. The minimum Gasteiger partial charge on any atom is -0.376 e. The van der Waals surface area contributed by atoms with Crippen LogP contribution in [0.1, 0.15) is 50.1 Å². The molecule has 0 saturated carbocycles. The van der Waals surface area contributed by atoms with E-state index in [9.17, 15) is 4.79 Å². The number of aromatic nitrogens is 2. The molecule has 0 radical (unpaired) electrons. The Morgan fingerprint density at radius 3 is 2.74 bits per heavy atom. The molecule has 1 unspecified atom stereocenters. The highest BCUT2D eigenvalue weighted by Crippen LogP contribution is 2.45. The van der Waals surface area contributed by atoms with E-state index < -0.39 is 0 Å². The van der Waals surface area contributed by atoms with Gasteiger partial charge in [-0.15, -0.1) is 0 Å². The van der Waals surface area contributed by atoms with Gasteiger partial charge < -0.3 is 14.2 Å². The van der Waals surface area contributed by atoms with Gasteiger partial charge in [0.25, 0.3) is 0 Å². The van der Waals surface area contributed by atoms with E-state index in [-0.39, 0.29) is 16.9 Å². The molecule has 0 N–H and O–H groups in total. The molecule has 1 aliphatic heterocycles. The fourth-order valence-electron chi connectivity index (χ4n) is 4.24. The van der Waals surface area contributed by atoms with Gasteiger partial charge in [-0.05, 0) is 44.7 Å². The standard InChI is InChI=1S/C21H29N3O3/c1-16-7-5-6-8-17(16)21(10-12-26-20(2,3)14-21)13-19(25)24(4)11-9-18-22-15-27-23-18/h5-8,15H,9-14H2,1-4H3. The fraction of sp³-hybridized carbons (Fsp3) is 0.571. The molecule has 0 spiro atoms. The number of aryl methyl sites for hydroxylation is 1. The van der Waals surface area contributed by atoms with Crippen LogP contribution in [0.5, 0.6) is 0 Å². The van der Waals surface area contributed by atoms with Crippen molar-refractivity contribution in [1.82, 2.24) is 15.0 Å². The third-order valence-corrected chi connectivity index (χ3v) is 5.55. The summed E-state index contributed by atoms with van der Waals surface area (Å²) in [6.45, 7) is 7.60. The summed E-state index contributed by atoms with van der Waals surface area (Å²) in [7, 11) is 1.85. The van der Waals surface area contributed by atoms with E-state index in [1.807, 2.05) is 7.05 Å². The number of hydrogen-bond donors (Lipinski definition) is 0. The van der Waals surface area contributed by atoms with Gasteiger partial charge in [0, 0.05) is 38.5 Å². The zero-order valence-corrected chi connectivity index (χ0v) is 16.7. The Labute approximate surface area is 160 Å². The molecule has 146 valence electrons. The predicted octanol–water partition coefficient (Wildman–Crippen LogP) is 3.30. The number of hydrogen-bond acceptors (Lipinski definition) is 5. The average molecular weight is 371 g/mol. The lowest BCUT2D eigenvalue weighted by Gasteiger charge is -2.46. The van der Waals surface area contributed by atoms with E-state index in [1.165, 1.54) is 17.5 Å². The Morgan fingerprint density at radius 2 is 2.07 bits per heavy atom. The zero-order valence-electron chi connectivity index (χ0n) is 16.7. The molecule has 1 atom stereocenters. The summed E-state index contributed by atoms with van der Waals surface area (Å²) in [6.07, 6.45) is 4.06. The monoisotopic (exact) mass is 371 g/mol. The summed E-state index contributed by atoms with van der Waals surface area (Å²) in [5, 5.41) is 3.81. The molecule has 1 saturated heterocycles. The molecule has 1 amide bonds. The number of ether oxygens (including phenoxy) is 1. The molecule has 0 bridgehead atoms. The second-order valence-corrected chi connectivity index (χ2v) is 8.22. The summed E-state index contributed by atoms with van der Waals surface area (Å²) >= 11 is 0. The van der Waals surface area contributed by atoms with E-state index in [1.54, 1.807) is 4.90 Å². The molecular formula is C21H29N3O3. The van der Waals surface area contributed by atoms with Crippen LogP contribution in [0.2, 0.25) is 0 Å². The van der Waals surface area contributed by atoms with E-state index in [2.05, 4.69) is 55.2 Å². The second-order valence-electron chi connectivity index (χ2n) is 8.22. The van der Waals surface area contributed by atoms with Gasteiger partial charge in [-0.2, -0.15) is 4.98 Å². The van der Waals surface area contributed by atoms with Gasteiger partial charge in [-0.25, -0.2) is 0 Å². The van der Waals surface area contributed by atoms with Crippen molar-refractivity contribution < 1.29 is 14.1 Å². The van der Waals surface area contributed by atoms with Crippen molar-refractivity contribution in [3.63, 3.8) is 0 Å². The number of carbonyl (C=O) groups excluding carboxylic acids is 1. The molecule has 1 aromatic heterocycles. The van der Waals surface area contributed by atoms with Crippen LogP contribution in [0.3, 0.4) is 0 Å². The van der Waals surface area contributed by atoms with Gasteiger partial charge >= 0.3 is 0 Å². The number of carbonyl (C=O) groups is 1. The molecule has 2 aromatic rings. The molecule has 0 aliphatic carbocycles. The van der Waals surface area contributed by atoms with E-state index in [4.69, 9.17) is 9.26 Å². The Hall–Kier alpha value is -2.21. The fourth-order valence-corrected chi connectivity index (χ4v) is 4.24. The van der Waals surface area contributed by atoms with Crippen molar-refractivity contribution >= 4 is 5.91 Å². The van der Waals surface area contributed by atoms with Crippen molar-refractivity contribution in [2.24, 2.45) is 0 Å². The summed E-state index contributed by atoms with van der Waals surface area (Å²) in [4.78, 5) is 18.9. The Bertz CT molecular complexity index is 773. The van der Waals surface area contributed by atoms with Crippen molar-refractivity contribution in [3.8, 4) is 0 Å². The summed E-state index contributed by atoms with van der Waals surface area (Å²) in [5.74, 6) is 0.759. The topological polar surface area (TPSA) is 68.5 Å². The van der Waals surface area contributed by atoms with Gasteiger partial charge in [-0.1, -0.05) is 29.4 Å². The van der Waals surface area contributed by atoms with Crippen molar-refractivity contribution in [3.05, 3.63) is 47.6 Å². The number of nitrogens with zero attached hydrogens (tertiary/aromatic N) is 3. The Morgan fingerprint density at radius 1 is 1.30 bits per heavy atom. The van der Waals surface area contributed by atoms with Crippen LogP contribution in [0.15, 0.2) is 35.2 Å². The first-order chi connectivity index (χ1) is 12.8. The van der Waals surface area contributed by atoms with Gasteiger partial charge in [-0.3, -0.25) is 4.79 Å². The number of amides is 1. The van der Waals surface area contributed by atoms with Gasteiger partial charge in [0.2, 0.25) is 12.3 Å². The highest BCUT2D eigenvalue weighted by atomic mass is 16.5. The molecule has 1 aromatic carbocycles. The molecular weight excluding hydrogens is 342 g/mol. The van der Waals surface area contributed by atoms with Crippen molar-refractivity contribution in [2.45, 2.75) is 57.5 Å². The van der Waals surface area contributed by atoms with Crippen molar-refractivity contribution in [2.75, 3.05) is 20.2 Å². The molecule has 6 heteroatoms. The minimum absolute atomic E-state index is 0.138. The highest BCUT2D eigenvalue weighted by molar-refractivity contribution is 5.77. The third kappa shape index (κ3) is 4.56.